The van der Waals surface area contributed by atoms with Crippen molar-refractivity contribution >= 4 is 20.7 Å². The molecule has 0 aromatic heterocycles. The number of hydrogen-bond acceptors (Lipinski definition) is 1. The molecule has 0 saturated carbocycles. The zero-order valence-electron chi connectivity index (χ0n) is 4.69. The van der Waals surface area contributed by atoms with Gasteiger partial charge in [-0.3, -0.25) is 0 Å². The summed E-state index contributed by atoms with van der Waals surface area (Å²) in [5, 5.41) is 0. The molecule has 1 atom stereocenters. The van der Waals surface area contributed by atoms with E-state index < -0.39 is 0 Å². The van der Waals surface area contributed by atoms with Crippen LogP contribution in [0.4, 0.5) is 0 Å². The fourth-order valence-electron chi connectivity index (χ4n) is 0.167. The van der Waals surface area contributed by atoms with Crippen LogP contribution in [0.3, 0.4) is 0 Å². The van der Waals surface area contributed by atoms with Crippen molar-refractivity contribution in [3.05, 3.63) is 0 Å². The molecule has 0 radical (unpaired) electrons. The quantitative estimate of drug-likeness (QED) is 0.398. The van der Waals surface area contributed by atoms with Crippen LogP contribution in [0.25, 0.3) is 0 Å². The molecule has 1 nitrogen and oxygen atoms in total. The minimum Gasteiger partial charge on any atom is -0.429 e. The van der Waals surface area contributed by atoms with Crippen LogP contribution in [0, 0.1) is 0 Å². The van der Waals surface area contributed by atoms with Gasteiger partial charge in [-0.15, -0.1) is 0 Å². The lowest BCUT2D eigenvalue weighted by atomic mass is 10.5. The van der Waals surface area contributed by atoms with Crippen molar-refractivity contribution in [3.63, 3.8) is 0 Å². The van der Waals surface area contributed by atoms with Crippen LogP contribution in [-0.2, 0) is 4.43 Å². The molecule has 38 valence electrons. The molecule has 0 N–H and O–H groups in total. The molecule has 0 aliphatic heterocycles. The van der Waals surface area contributed by atoms with E-state index in [0.717, 1.165) is 10.5 Å². The summed E-state index contributed by atoms with van der Waals surface area (Å²) < 4.78 is 5.10. The Kier molecular flexibility index (Phi) is 3.81. The van der Waals surface area contributed by atoms with Gasteiger partial charge in [0.25, 0.3) is 0 Å². The summed E-state index contributed by atoms with van der Waals surface area (Å²) in [4.78, 5) is 0. The van der Waals surface area contributed by atoms with Crippen LogP contribution < -0.4 is 0 Å². The van der Waals surface area contributed by atoms with Crippen LogP contribution in [0.1, 0.15) is 13.3 Å². The van der Waals surface area contributed by atoms with E-state index in [1.165, 1.54) is 16.7 Å². The number of hydrogen-bond donors (Lipinski definition) is 0. The molecule has 0 aliphatic rings. The molecule has 0 rings (SSSR count). The summed E-state index contributed by atoms with van der Waals surface area (Å²) in [5.41, 5.74) is 0.636. The first-order chi connectivity index (χ1) is 2.81. The van der Waals surface area contributed by atoms with E-state index in [0.29, 0.717) is 5.73 Å². The largest absolute Gasteiger partial charge is 0.429 e. The zero-order chi connectivity index (χ0) is 4.99. The van der Waals surface area contributed by atoms with Crippen LogP contribution in [0.15, 0.2) is 0 Å². The summed E-state index contributed by atoms with van der Waals surface area (Å²) in [6.45, 7) is 2.16. The van der Waals surface area contributed by atoms with Crippen LogP contribution in [0.2, 0.25) is 0 Å². The van der Waals surface area contributed by atoms with Crippen molar-refractivity contribution in [2.45, 2.75) is 19.1 Å². The second-order valence-electron chi connectivity index (χ2n) is 1.45. The Morgan fingerprint density at radius 2 is 2.33 bits per heavy atom. The highest BCUT2D eigenvalue weighted by Gasteiger charge is 1.87. The van der Waals surface area contributed by atoms with Gasteiger partial charge in [0.05, 0.1) is 0 Å². The van der Waals surface area contributed by atoms with Crippen LogP contribution >= 0.6 is 0 Å². The van der Waals surface area contributed by atoms with Crippen LogP contribution in [0.5, 0.6) is 0 Å². The second-order valence-corrected chi connectivity index (χ2v) is 3.21. The van der Waals surface area contributed by atoms with Crippen molar-refractivity contribution < 1.29 is 4.43 Å². The molecule has 1 unspecified atom stereocenters. The van der Waals surface area contributed by atoms with Crippen molar-refractivity contribution in [1.29, 1.82) is 0 Å². The van der Waals surface area contributed by atoms with E-state index in [2.05, 4.69) is 6.92 Å². The molecule has 0 aromatic carbocycles. The van der Waals surface area contributed by atoms with Gasteiger partial charge in [-0.25, -0.2) is 0 Å². The zero-order valence-corrected chi connectivity index (χ0v) is 8.69. The van der Waals surface area contributed by atoms with Gasteiger partial charge in [-0.2, -0.15) is 0 Å². The van der Waals surface area contributed by atoms with Gasteiger partial charge in [-0.05, 0) is 6.42 Å². The smallest absolute Gasteiger partial charge is 0.145 e. The van der Waals surface area contributed by atoms with E-state index in [9.17, 15) is 0 Å². The Labute approximate surface area is 45.0 Å². The van der Waals surface area contributed by atoms with Gasteiger partial charge >= 0.3 is 0 Å². The van der Waals surface area contributed by atoms with E-state index in [-0.39, 0.29) is 0 Å². The minimum atomic E-state index is 0.636. The maximum atomic E-state index is 5.10. The average molecular weight is 120 g/mol. The monoisotopic (exact) mass is 120 g/mol. The third-order valence-electron chi connectivity index (χ3n) is 0.977. The second kappa shape index (κ2) is 3.58. The normalized spacial score (nSPS) is 15.5. The van der Waals surface area contributed by atoms with E-state index in [1.807, 2.05) is 0 Å². The third-order valence-corrected chi connectivity index (χ3v) is 4.01. The summed E-state index contributed by atoms with van der Waals surface area (Å²) >= 11 is 0. The molecule has 0 aliphatic carbocycles. The Morgan fingerprint density at radius 3 is 2.33 bits per heavy atom. The van der Waals surface area contributed by atoms with Crippen molar-refractivity contribution in [2.75, 3.05) is 0 Å². The molecular formula is C3H12OSi2. The standard InChI is InChI=1S/C3H12OSi2/c1-2-3(5)4-6/h3H,2H2,1,5-6H3. The Bertz CT molecular complexity index is 28.0. The first-order valence-corrected chi connectivity index (χ1v) is 4.31. The van der Waals surface area contributed by atoms with Gasteiger partial charge in [0.1, 0.15) is 10.5 Å². The summed E-state index contributed by atoms with van der Waals surface area (Å²) in [7, 11) is 2.12. The van der Waals surface area contributed by atoms with Gasteiger partial charge in [-0.1, -0.05) is 6.92 Å². The van der Waals surface area contributed by atoms with E-state index in [1.54, 1.807) is 0 Å². The maximum Gasteiger partial charge on any atom is 0.145 e. The average Bonchev–Trinajstić information content (AvgIpc) is 1.65. The molecule has 0 aromatic rings. The lowest BCUT2D eigenvalue weighted by molar-refractivity contribution is 0.304. The fourth-order valence-corrected chi connectivity index (χ4v) is 0.500. The number of rotatable bonds is 2. The Hall–Kier alpha value is 0.394. The maximum absolute atomic E-state index is 5.10. The van der Waals surface area contributed by atoms with Crippen molar-refractivity contribution in [2.24, 2.45) is 0 Å². The predicted molar refractivity (Wildman–Crippen MR) is 35.0 cm³/mol. The molecule has 0 fully saturated rings. The van der Waals surface area contributed by atoms with Crippen molar-refractivity contribution in [3.8, 4) is 0 Å². The molecule has 3 heteroatoms. The van der Waals surface area contributed by atoms with E-state index in [4.69, 9.17) is 4.43 Å². The molecule has 0 bridgehead atoms. The van der Waals surface area contributed by atoms with Gasteiger partial charge in [0.2, 0.25) is 0 Å². The third kappa shape index (κ3) is 2.62. The summed E-state index contributed by atoms with van der Waals surface area (Å²) in [5.74, 6) is 0. The molecular weight excluding hydrogens is 108 g/mol. The highest BCUT2D eigenvalue weighted by molar-refractivity contribution is 6.13. The van der Waals surface area contributed by atoms with E-state index >= 15 is 0 Å². The highest BCUT2D eigenvalue weighted by Crippen LogP contribution is 1.84. The van der Waals surface area contributed by atoms with Gasteiger partial charge in [0, 0.05) is 16.0 Å². The molecule has 0 heterocycles. The summed E-state index contributed by atoms with van der Waals surface area (Å²) in [6, 6.07) is 0. The lowest BCUT2D eigenvalue weighted by Crippen LogP contribution is -2.07. The SMILES string of the molecule is CCC([SiH3])O[SiH3]. The fraction of sp³-hybridized carbons (Fsp3) is 1.00. The molecule has 6 heavy (non-hydrogen) atoms. The van der Waals surface area contributed by atoms with Gasteiger partial charge < -0.3 is 4.43 Å². The molecule has 0 saturated heterocycles. The van der Waals surface area contributed by atoms with Gasteiger partial charge in [0.15, 0.2) is 0 Å². The Balaban J connectivity index is 2.75. The Morgan fingerprint density at radius 1 is 1.83 bits per heavy atom. The van der Waals surface area contributed by atoms with Crippen molar-refractivity contribution in [1.82, 2.24) is 0 Å². The highest BCUT2D eigenvalue weighted by atomic mass is 28.2. The lowest BCUT2D eigenvalue weighted by Gasteiger charge is -2.02. The topological polar surface area (TPSA) is 9.23 Å². The van der Waals surface area contributed by atoms with Crippen LogP contribution in [-0.4, -0.2) is 26.5 Å². The predicted octanol–water partition coefficient (Wildman–Crippen LogP) is -1.62. The first kappa shape index (κ1) is 6.39. The first-order valence-electron chi connectivity index (χ1n) is 2.34. The minimum absolute atomic E-state index is 0.636. The molecule has 0 amide bonds. The summed E-state index contributed by atoms with van der Waals surface area (Å²) in [6.07, 6.45) is 1.20. The molecule has 0 spiro atoms.